The molecule has 0 atom stereocenters. The summed E-state index contributed by atoms with van der Waals surface area (Å²) < 4.78 is 0. The van der Waals surface area contributed by atoms with Crippen molar-refractivity contribution < 1.29 is 0 Å². The molecule has 0 aliphatic carbocycles. The Morgan fingerprint density at radius 3 is 1.40 bits per heavy atom. The summed E-state index contributed by atoms with van der Waals surface area (Å²) in [6.45, 7) is 13.3. The molecule has 0 aliphatic heterocycles. The van der Waals surface area contributed by atoms with Gasteiger partial charge >= 0.3 is 0 Å². The Morgan fingerprint density at radius 1 is 0.367 bits per heavy atom. The van der Waals surface area contributed by atoms with E-state index in [1.165, 1.54) is 11.1 Å². The van der Waals surface area contributed by atoms with E-state index in [1.54, 1.807) is 0 Å². The average Bonchev–Trinajstić information content (AvgIpc) is 3.27. The van der Waals surface area contributed by atoms with Crippen LogP contribution in [-0.4, -0.2) is 34.9 Å². The van der Waals surface area contributed by atoms with E-state index in [0.29, 0.717) is 17.5 Å². The molecule has 7 heteroatoms. The number of rotatable bonds is 5. The van der Waals surface area contributed by atoms with Gasteiger partial charge < -0.3 is 0 Å². The van der Waals surface area contributed by atoms with Gasteiger partial charge in [-0.15, -0.1) is 0 Å². The van der Waals surface area contributed by atoms with Crippen LogP contribution in [0, 0.1) is 0 Å². The van der Waals surface area contributed by atoms with E-state index < -0.39 is 0 Å². The third-order valence-corrected chi connectivity index (χ3v) is 11.3. The Hall–Kier alpha value is -7.25. The SMILES string of the molecule is CC(C)(C)c1ccc(-c2nc(-c3ccc(C(C)(C)C)cc3)nc(-c3cc(-c4ccc5ccc6ccncc6c5n4)cc(-c4ccc5ccc6cccnc6c5n4)c3)n2)cc1. The zero-order chi connectivity index (χ0) is 41.2. The molecule has 10 aromatic rings. The van der Waals surface area contributed by atoms with Crippen LogP contribution in [0.15, 0.2) is 152 Å². The highest BCUT2D eigenvalue weighted by molar-refractivity contribution is 6.06. The fourth-order valence-electron chi connectivity index (χ4n) is 7.85. The zero-order valence-corrected chi connectivity index (χ0v) is 34.6. The van der Waals surface area contributed by atoms with Gasteiger partial charge in [0, 0.05) is 68.0 Å². The van der Waals surface area contributed by atoms with Gasteiger partial charge in [-0.2, -0.15) is 0 Å². The lowest BCUT2D eigenvalue weighted by atomic mass is 9.86. The summed E-state index contributed by atoms with van der Waals surface area (Å²) in [4.78, 5) is 35.3. The summed E-state index contributed by atoms with van der Waals surface area (Å²) in [6.07, 6.45) is 5.53. The highest BCUT2D eigenvalue weighted by Gasteiger charge is 2.19. The molecule has 10 rings (SSSR count). The Bertz CT molecular complexity index is 3060. The summed E-state index contributed by atoms with van der Waals surface area (Å²) in [5.41, 5.74) is 11.2. The number of nitrogens with zero attached hydrogens (tertiary/aromatic N) is 7. The van der Waals surface area contributed by atoms with Crippen molar-refractivity contribution in [1.29, 1.82) is 0 Å². The van der Waals surface area contributed by atoms with Gasteiger partial charge in [-0.05, 0) is 69.8 Å². The van der Waals surface area contributed by atoms with Gasteiger partial charge in [-0.25, -0.2) is 24.9 Å². The molecule has 5 aromatic heterocycles. The van der Waals surface area contributed by atoms with Crippen LogP contribution in [0.25, 0.3) is 100 Å². The first kappa shape index (κ1) is 37.0. The molecule has 0 fully saturated rings. The fraction of sp³-hybridized carbons (Fsp3) is 0.151. The van der Waals surface area contributed by atoms with E-state index >= 15 is 0 Å². The Kier molecular flexibility index (Phi) is 8.79. The summed E-state index contributed by atoms with van der Waals surface area (Å²) in [7, 11) is 0. The van der Waals surface area contributed by atoms with E-state index in [2.05, 4.69) is 168 Å². The standard InChI is InChI=1S/C53H43N7/c1-52(2,3)41-19-13-36(14-20-41)49-58-50(37-15-21-42(22-16-37)53(4,5)6)60-51(59-49)40-29-38(44-23-17-34-10-9-32-25-27-54-31-43(32)46(34)56-44)28-39(30-40)45-24-18-35-12-11-33-8-7-26-55-47(33)48(35)57-45/h7-31H,1-6H3. The first-order valence-corrected chi connectivity index (χ1v) is 20.4. The maximum atomic E-state index is 5.30. The van der Waals surface area contributed by atoms with Gasteiger partial charge in [0.1, 0.15) is 0 Å². The van der Waals surface area contributed by atoms with E-state index in [1.807, 2.05) is 30.7 Å². The van der Waals surface area contributed by atoms with E-state index in [4.69, 9.17) is 29.9 Å². The van der Waals surface area contributed by atoms with Crippen LogP contribution in [0.2, 0.25) is 0 Å². The molecule has 0 spiro atoms. The van der Waals surface area contributed by atoms with E-state index in [9.17, 15) is 0 Å². The maximum absolute atomic E-state index is 5.30. The molecule has 0 saturated heterocycles. The van der Waals surface area contributed by atoms with Crippen molar-refractivity contribution in [3.63, 3.8) is 0 Å². The molecule has 0 amide bonds. The van der Waals surface area contributed by atoms with Crippen molar-refractivity contribution in [2.75, 3.05) is 0 Å². The van der Waals surface area contributed by atoms with Gasteiger partial charge in [0.05, 0.1) is 27.9 Å². The van der Waals surface area contributed by atoms with Gasteiger partial charge in [-0.3, -0.25) is 9.97 Å². The van der Waals surface area contributed by atoms with Crippen molar-refractivity contribution in [3.8, 4) is 56.7 Å². The van der Waals surface area contributed by atoms with Crippen LogP contribution in [0.5, 0.6) is 0 Å². The summed E-state index contributed by atoms with van der Waals surface area (Å²) >= 11 is 0. The largest absolute Gasteiger partial charge is 0.264 e. The number of aromatic nitrogens is 7. The predicted octanol–water partition coefficient (Wildman–Crippen LogP) is 13.0. The van der Waals surface area contributed by atoms with Gasteiger partial charge in [0.2, 0.25) is 0 Å². The molecule has 0 saturated carbocycles. The molecular formula is C53H43N7. The highest BCUT2D eigenvalue weighted by atomic mass is 15.0. The monoisotopic (exact) mass is 777 g/mol. The lowest BCUT2D eigenvalue weighted by Crippen LogP contribution is -2.10. The number of benzene rings is 5. The Morgan fingerprint density at radius 2 is 0.833 bits per heavy atom. The minimum atomic E-state index is 0.0122. The van der Waals surface area contributed by atoms with Crippen LogP contribution in [-0.2, 0) is 10.8 Å². The Balaban J connectivity index is 1.20. The number of hydrogen-bond donors (Lipinski definition) is 0. The highest BCUT2D eigenvalue weighted by Crippen LogP contribution is 2.36. The van der Waals surface area contributed by atoms with Crippen molar-refractivity contribution in [3.05, 3.63) is 163 Å². The quantitative estimate of drug-likeness (QED) is 0.161. The van der Waals surface area contributed by atoms with Crippen LogP contribution < -0.4 is 0 Å². The van der Waals surface area contributed by atoms with Crippen molar-refractivity contribution >= 4 is 43.5 Å². The summed E-state index contributed by atoms with van der Waals surface area (Å²) in [5, 5.41) is 5.22. The molecule has 7 nitrogen and oxygen atoms in total. The van der Waals surface area contributed by atoms with Gasteiger partial charge in [-0.1, -0.05) is 133 Å². The molecule has 0 N–H and O–H groups in total. The third kappa shape index (κ3) is 6.92. The second kappa shape index (κ2) is 14.2. The van der Waals surface area contributed by atoms with Gasteiger partial charge in [0.25, 0.3) is 0 Å². The Labute approximate surface area is 349 Å². The van der Waals surface area contributed by atoms with Crippen LogP contribution in [0.1, 0.15) is 52.7 Å². The fourth-order valence-corrected chi connectivity index (χ4v) is 7.85. The predicted molar refractivity (Wildman–Crippen MR) is 246 cm³/mol. The van der Waals surface area contributed by atoms with Gasteiger partial charge in [0.15, 0.2) is 17.5 Å². The lowest BCUT2D eigenvalue weighted by Gasteiger charge is -2.19. The topological polar surface area (TPSA) is 90.2 Å². The molecule has 290 valence electrons. The molecule has 0 radical (unpaired) electrons. The molecule has 60 heavy (non-hydrogen) atoms. The van der Waals surface area contributed by atoms with E-state index in [0.717, 1.165) is 82.7 Å². The van der Waals surface area contributed by atoms with Crippen molar-refractivity contribution in [1.82, 2.24) is 34.9 Å². The van der Waals surface area contributed by atoms with Crippen LogP contribution in [0.4, 0.5) is 0 Å². The molecule has 0 aliphatic rings. The molecule has 0 unspecified atom stereocenters. The second-order valence-corrected chi connectivity index (χ2v) is 17.6. The number of pyridine rings is 4. The minimum absolute atomic E-state index is 0.0122. The average molecular weight is 778 g/mol. The maximum Gasteiger partial charge on any atom is 0.164 e. The molecule has 5 heterocycles. The van der Waals surface area contributed by atoms with Crippen molar-refractivity contribution in [2.24, 2.45) is 0 Å². The zero-order valence-electron chi connectivity index (χ0n) is 34.6. The van der Waals surface area contributed by atoms with Crippen molar-refractivity contribution in [2.45, 2.75) is 52.4 Å². The smallest absolute Gasteiger partial charge is 0.164 e. The van der Waals surface area contributed by atoms with E-state index in [-0.39, 0.29) is 10.8 Å². The second-order valence-electron chi connectivity index (χ2n) is 17.6. The van der Waals surface area contributed by atoms with Crippen LogP contribution in [0.3, 0.4) is 0 Å². The minimum Gasteiger partial charge on any atom is -0.264 e. The normalized spacial score (nSPS) is 12.2. The molecule has 0 bridgehead atoms. The van der Waals surface area contributed by atoms with Crippen LogP contribution >= 0.6 is 0 Å². The lowest BCUT2D eigenvalue weighted by molar-refractivity contribution is 0.590. The summed E-state index contributed by atoms with van der Waals surface area (Å²) in [5.74, 6) is 1.76. The first-order chi connectivity index (χ1) is 28.9. The molecule has 5 aromatic carbocycles. The molecular weight excluding hydrogens is 735 g/mol. The number of fused-ring (bicyclic) bond motifs is 6. The summed E-state index contributed by atoms with van der Waals surface area (Å²) in [6, 6.07) is 46.4. The first-order valence-electron chi connectivity index (χ1n) is 20.4. The third-order valence-electron chi connectivity index (χ3n) is 11.3. The number of hydrogen-bond acceptors (Lipinski definition) is 7.